The Bertz CT molecular complexity index is 283. The SMILES string of the molecule is Cc1cc(C)nc(S(=O)[O-])c1.[Na+]. The van der Waals surface area contributed by atoms with E-state index in [1.165, 1.54) is 6.07 Å². The van der Waals surface area contributed by atoms with Crippen LogP contribution in [0.4, 0.5) is 0 Å². The second-order valence-corrected chi connectivity index (χ2v) is 3.25. The van der Waals surface area contributed by atoms with Gasteiger partial charge in [0.05, 0.1) is 0 Å². The fourth-order valence-corrected chi connectivity index (χ4v) is 1.39. The second kappa shape index (κ2) is 5.09. The van der Waals surface area contributed by atoms with Gasteiger partial charge in [-0.05, 0) is 42.6 Å². The van der Waals surface area contributed by atoms with E-state index in [4.69, 9.17) is 0 Å². The van der Waals surface area contributed by atoms with E-state index in [1.54, 1.807) is 6.92 Å². The fraction of sp³-hybridized carbons (Fsp3) is 0.286. The van der Waals surface area contributed by atoms with Crippen LogP contribution in [0.1, 0.15) is 11.3 Å². The summed E-state index contributed by atoms with van der Waals surface area (Å²) in [6.07, 6.45) is 0. The van der Waals surface area contributed by atoms with Crippen molar-refractivity contribution in [3.8, 4) is 0 Å². The molecule has 1 rings (SSSR count). The van der Waals surface area contributed by atoms with Crippen LogP contribution in [0, 0.1) is 13.8 Å². The Morgan fingerprint density at radius 3 is 2.42 bits per heavy atom. The number of rotatable bonds is 1. The van der Waals surface area contributed by atoms with E-state index in [2.05, 4.69) is 4.98 Å². The third-order valence-electron chi connectivity index (χ3n) is 1.25. The normalized spacial score (nSPS) is 11.9. The minimum absolute atomic E-state index is 0. The summed E-state index contributed by atoms with van der Waals surface area (Å²) in [5.74, 6) is 0. The first-order chi connectivity index (χ1) is 5.09. The molecule has 0 fully saturated rings. The monoisotopic (exact) mass is 193 g/mol. The number of hydrogen-bond acceptors (Lipinski definition) is 3. The molecule has 1 unspecified atom stereocenters. The van der Waals surface area contributed by atoms with Crippen molar-refractivity contribution in [3.63, 3.8) is 0 Å². The van der Waals surface area contributed by atoms with Gasteiger partial charge in [-0.15, -0.1) is 0 Å². The van der Waals surface area contributed by atoms with Crippen molar-refractivity contribution in [1.82, 2.24) is 4.98 Å². The molecule has 0 aliphatic carbocycles. The Balaban J connectivity index is 0.00000121. The fourth-order valence-electron chi connectivity index (χ4n) is 0.890. The minimum Gasteiger partial charge on any atom is -0.767 e. The molecule has 0 saturated carbocycles. The zero-order chi connectivity index (χ0) is 8.43. The molecule has 0 spiro atoms. The summed E-state index contributed by atoms with van der Waals surface area (Å²) in [7, 11) is 0. The van der Waals surface area contributed by atoms with Crippen LogP contribution in [0.3, 0.4) is 0 Å². The van der Waals surface area contributed by atoms with Crippen LogP contribution >= 0.6 is 0 Å². The van der Waals surface area contributed by atoms with Crippen molar-refractivity contribution in [2.24, 2.45) is 0 Å². The standard InChI is InChI=1S/C7H9NO2S.Na/c1-5-3-6(2)8-7(4-5)11(9)10;/h3-4H,1-2H3,(H,9,10);/q;+1/p-1. The van der Waals surface area contributed by atoms with Crippen molar-refractivity contribution in [1.29, 1.82) is 0 Å². The Morgan fingerprint density at radius 1 is 1.42 bits per heavy atom. The maximum atomic E-state index is 10.4. The molecule has 0 radical (unpaired) electrons. The third-order valence-corrected chi connectivity index (χ3v) is 1.80. The number of pyridine rings is 1. The van der Waals surface area contributed by atoms with Gasteiger partial charge in [0.25, 0.3) is 0 Å². The molecule has 1 aromatic rings. The Morgan fingerprint density at radius 2 is 2.00 bits per heavy atom. The average molecular weight is 193 g/mol. The zero-order valence-corrected chi connectivity index (χ0v) is 10.1. The third kappa shape index (κ3) is 3.33. The van der Waals surface area contributed by atoms with E-state index in [-0.39, 0.29) is 34.6 Å². The Kier molecular flexibility index (Phi) is 5.20. The minimum atomic E-state index is -2.21. The van der Waals surface area contributed by atoms with Gasteiger partial charge in [-0.2, -0.15) is 0 Å². The largest absolute Gasteiger partial charge is 1.00 e. The van der Waals surface area contributed by atoms with Gasteiger partial charge in [0, 0.05) is 5.69 Å². The quantitative estimate of drug-likeness (QED) is 0.381. The summed E-state index contributed by atoms with van der Waals surface area (Å²) < 4.78 is 20.9. The first-order valence-corrected chi connectivity index (χ1v) is 4.21. The first-order valence-electron chi connectivity index (χ1n) is 3.14. The first kappa shape index (κ1) is 12.3. The van der Waals surface area contributed by atoms with Gasteiger partial charge in [0.15, 0.2) is 0 Å². The van der Waals surface area contributed by atoms with E-state index >= 15 is 0 Å². The molecular weight excluding hydrogens is 185 g/mol. The predicted octanol–water partition coefficient (Wildman–Crippen LogP) is -2.06. The van der Waals surface area contributed by atoms with Gasteiger partial charge in [0.1, 0.15) is 5.03 Å². The predicted molar refractivity (Wildman–Crippen MR) is 40.9 cm³/mol. The zero-order valence-electron chi connectivity index (χ0n) is 7.33. The van der Waals surface area contributed by atoms with E-state index < -0.39 is 11.1 Å². The maximum absolute atomic E-state index is 10.4. The van der Waals surface area contributed by atoms with Crippen LogP contribution < -0.4 is 29.6 Å². The molecule has 0 N–H and O–H groups in total. The summed E-state index contributed by atoms with van der Waals surface area (Å²) >= 11 is -2.21. The van der Waals surface area contributed by atoms with Gasteiger partial charge in [-0.1, -0.05) is 0 Å². The van der Waals surface area contributed by atoms with E-state index in [0.29, 0.717) is 0 Å². The van der Waals surface area contributed by atoms with Gasteiger partial charge < -0.3 is 4.55 Å². The number of aromatic nitrogens is 1. The van der Waals surface area contributed by atoms with Crippen molar-refractivity contribution >= 4 is 11.1 Å². The molecule has 60 valence electrons. The molecule has 0 saturated heterocycles. The topological polar surface area (TPSA) is 53.0 Å². The maximum Gasteiger partial charge on any atom is 1.00 e. The molecule has 12 heavy (non-hydrogen) atoms. The van der Waals surface area contributed by atoms with Gasteiger partial charge in [-0.3, -0.25) is 4.21 Å². The summed E-state index contributed by atoms with van der Waals surface area (Å²) in [6, 6.07) is 3.37. The van der Waals surface area contributed by atoms with Crippen LogP contribution in [0.25, 0.3) is 0 Å². The Labute approximate surface area is 96.2 Å². The molecule has 1 aromatic heterocycles. The summed E-state index contributed by atoms with van der Waals surface area (Å²) in [6.45, 7) is 3.61. The summed E-state index contributed by atoms with van der Waals surface area (Å²) in [4.78, 5) is 3.82. The van der Waals surface area contributed by atoms with Crippen molar-refractivity contribution in [2.75, 3.05) is 0 Å². The second-order valence-electron chi connectivity index (χ2n) is 2.36. The molecular formula is C7H8NNaO2S. The summed E-state index contributed by atoms with van der Waals surface area (Å²) in [5, 5.41) is 0.113. The molecule has 5 heteroatoms. The molecule has 1 atom stereocenters. The molecule has 0 bridgehead atoms. The number of nitrogens with zero attached hydrogens (tertiary/aromatic N) is 1. The van der Waals surface area contributed by atoms with Crippen LogP contribution in [0.5, 0.6) is 0 Å². The van der Waals surface area contributed by atoms with Gasteiger partial charge in [-0.25, -0.2) is 4.98 Å². The molecule has 0 aliphatic heterocycles. The molecule has 0 amide bonds. The van der Waals surface area contributed by atoms with Crippen molar-refractivity contribution < 1.29 is 38.3 Å². The van der Waals surface area contributed by atoms with E-state index in [0.717, 1.165) is 11.3 Å². The Hall–Kier alpha value is 0.260. The van der Waals surface area contributed by atoms with Crippen LogP contribution in [0.2, 0.25) is 0 Å². The van der Waals surface area contributed by atoms with Gasteiger partial charge in [0.2, 0.25) is 0 Å². The smallest absolute Gasteiger partial charge is 0.767 e. The molecule has 0 aliphatic rings. The number of hydrogen-bond donors (Lipinski definition) is 0. The van der Waals surface area contributed by atoms with E-state index in [9.17, 15) is 8.76 Å². The van der Waals surface area contributed by atoms with Crippen molar-refractivity contribution in [3.05, 3.63) is 23.4 Å². The van der Waals surface area contributed by atoms with Crippen LogP contribution in [-0.2, 0) is 11.1 Å². The van der Waals surface area contributed by atoms with Crippen LogP contribution in [-0.4, -0.2) is 13.7 Å². The number of aryl methyl sites for hydroxylation is 2. The molecule has 3 nitrogen and oxygen atoms in total. The van der Waals surface area contributed by atoms with Crippen LogP contribution in [0.15, 0.2) is 17.2 Å². The van der Waals surface area contributed by atoms with E-state index in [1.807, 2.05) is 13.0 Å². The molecule has 0 aromatic carbocycles. The molecule has 1 heterocycles. The summed E-state index contributed by atoms with van der Waals surface area (Å²) in [5.41, 5.74) is 1.64. The van der Waals surface area contributed by atoms with Gasteiger partial charge >= 0.3 is 29.6 Å². The van der Waals surface area contributed by atoms with Crippen molar-refractivity contribution in [2.45, 2.75) is 18.9 Å². The average Bonchev–Trinajstić information content (AvgIpc) is 1.85.